The predicted octanol–water partition coefficient (Wildman–Crippen LogP) is 4.14. The number of nitrogens with one attached hydrogen (secondary N) is 2. The van der Waals surface area contributed by atoms with Crippen molar-refractivity contribution in [1.29, 1.82) is 0 Å². The Kier molecular flexibility index (Phi) is 3.13. The molecule has 1 heterocycles. The summed E-state index contributed by atoms with van der Waals surface area (Å²) in [6.07, 6.45) is 0. The highest BCUT2D eigenvalue weighted by Crippen LogP contribution is 2.16. The van der Waals surface area contributed by atoms with E-state index < -0.39 is 0 Å². The van der Waals surface area contributed by atoms with Crippen LogP contribution in [0.3, 0.4) is 0 Å². The minimum absolute atomic E-state index is 0.662. The lowest BCUT2D eigenvalue weighted by molar-refractivity contribution is 1.01. The van der Waals surface area contributed by atoms with Crippen molar-refractivity contribution >= 4 is 28.3 Å². The van der Waals surface area contributed by atoms with Crippen molar-refractivity contribution in [2.45, 2.75) is 13.5 Å². The van der Waals surface area contributed by atoms with Crippen LogP contribution in [0.25, 0.3) is 11.0 Å². The second-order valence-electron chi connectivity index (χ2n) is 4.56. The molecule has 0 bridgehead atoms. The van der Waals surface area contributed by atoms with Crippen molar-refractivity contribution in [3.8, 4) is 0 Å². The van der Waals surface area contributed by atoms with Gasteiger partial charge in [0.05, 0.1) is 17.6 Å². The van der Waals surface area contributed by atoms with Gasteiger partial charge >= 0.3 is 0 Å². The molecule has 0 spiro atoms. The maximum Gasteiger partial charge on any atom is 0.126 e. The fourth-order valence-electron chi connectivity index (χ4n) is 2.01. The van der Waals surface area contributed by atoms with E-state index in [0.717, 1.165) is 27.6 Å². The summed E-state index contributed by atoms with van der Waals surface area (Å²) in [5, 5.41) is 4.05. The van der Waals surface area contributed by atoms with Gasteiger partial charge in [-0.05, 0) is 48.9 Å². The fraction of sp³-hybridized carbons (Fsp3) is 0.133. The Balaban J connectivity index is 1.76. The summed E-state index contributed by atoms with van der Waals surface area (Å²) in [7, 11) is 0. The molecule has 0 aliphatic carbocycles. The van der Waals surface area contributed by atoms with Crippen LogP contribution in [0.5, 0.6) is 0 Å². The van der Waals surface area contributed by atoms with Crippen LogP contribution in [-0.4, -0.2) is 9.97 Å². The van der Waals surface area contributed by atoms with Crippen LogP contribution in [-0.2, 0) is 6.54 Å². The lowest BCUT2D eigenvalue weighted by atomic mass is 10.2. The SMILES string of the molecule is Cc1ccc2nc(CNc3ccc(Cl)cc3)[nH]c2c1. The Bertz CT molecular complexity index is 701. The number of aryl methyl sites for hydroxylation is 1. The zero-order chi connectivity index (χ0) is 13.2. The van der Waals surface area contributed by atoms with E-state index in [4.69, 9.17) is 11.6 Å². The molecular weight excluding hydrogens is 258 g/mol. The molecule has 0 amide bonds. The van der Waals surface area contributed by atoms with Crippen molar-refractivity contribution < 1.29 is 0 Å². The summed E-state index contributed by atoms with van der Waals surface area (Å²) < 4.78 is 0. The minimum Gasteiger partial charge on any atom is -0.378 e. The Morgan fingerprint density at radius 3 is 2.74 bits per heavy atom. The number of H-pyrrole nitrogens is 1. The molecule has 0 aliphatic rings. The van der Waals surface area contributed by atoms with Crippen LogP contribution in [0, 0.1) is 6.92 Å². The van der Waals surface area contributed by atoms with Crippen molar-refractivity contribution in [2.24, 2.45) is 0 Å². The summed E-state index contributed by atoms with van der Waals surface area (Å²) in [6.45, 7) is 2.74. The van der Waals surface area contributed by atoms with Crippen molar-refractivity contribution in [2.75, 3.05) is 5.32 Å². The third-order valence-corrected chi connectivity index (χ3v) is 3.24. The summed E-state index contributed by atoms with van der Waals surface area (Å²) in [5.41, 5.74) is 4.33. The van der Waals surface area contributed by atoms with Crippen LogP contribution in [0.15, 0.2) is 42.5 Å². The number of anilines is 1. The molecule has 1 aromatic heterocycles. The highest BCUT2D eigenvalue weighted by molar-refractivity contribution is 6.30. The molecule has 0 radical (unpaired) electrons. The summed E-state index contributed by atoms with van der Waals surface area (Å²) >= 11 is 5.85. The van der Waals surface area contributed by atoms with Crippen molar-refractivity contribution in [1.82, 2.24) is 9.97 Å². The largest absolute Gasteiger partial charge is 0.378 e. The topological polar surface area (TPSA) is 40.7 Å². The predicted molar refractivity (Wildman–Crippen MR) is 79.6 cm³/mol. The van der Waals surface area contributed by atoms with Crippen LogP contribution in [0.1, 0.15) is 11.4 Å². The van der Waals surface area contributed by atoms with Gasteiger partial charge in [-0.15, -0.1) is 0 Å². The monoisotopic (exact) mass is 271 g/mol. The Morgan fingerprint density at radius 1 is 1.16 bits per heavy atom. The number of nitrogens with zero attached hydrogens (tertiary/aromatic N) is 1. The third kappa shape index (κ3) is 2.71. The first-order valence-electron chi connectivity index (χ1n) is 6.15. The molecular formula is C15H14ClN3. The van der Waals surface area contributed by atoms with Crippen LogP contribution < -0.4 is 5.32 Å². The van der Waals surface area contributed by atoms with Gasteiger partial charge in [-0.3, -0.25) is 0 Å². The molecule has 19 heavy (non-hydrogen) atoms. The Hall–Kier alpha value is -2.00. The number of aromatic nitrogens is 2. The van der Waals surface area contributed by atoms with E-state index >= 15 is 0 Å². The summed E-state index contributed by atoms with van der Waals surface area (Å²) in [6, 6.07) is 13.8. The minimum atomic E-state index is 0.662. The number of aromatic amines is 1. The maximum atomic E-state index is 5.85. The Morgan fingerprint density at radius 2 is 1.95 bits per heavy atom. The highest BCUT2D eigenvalue weighted by Gasteiger charge is 2.02. The van der Waals surface area contributed by atoms with Crippen LogP contribution in [0.2, 0.25) is 5.02 Å². The first-order valence-corrected chi connectivity index (χ1v) is 6.53. The van der Waals surface area contributed by atoms with Gasteiger partial charge in [-0.1, -0.05) is 17.7 Å². The van der Waals surface area contributed by atoms with Crippen LogP contribution >= 0.6 is 11.6 Å². The van der Waals surface area contributed by atoms with E-state index in [0.29, 0.717) is 6.54 Å². The number of imidazole rings is 1. The average molecular weight is 272 g/mol. The lowest BCUT2D eigenvalue weighted by Gasteiger charge is -2.03. The third-order valence-electron chi connectivity index (χ3n) is 2.99. The maximum absolute atomic E-state index is 5.85. The Labute approximate surface area is 116 Å². The van der Waals surface area contributed by atoms with E-state index in [-0.39, 0.29) is 0 Å². The smallest absolute Gasteiger partial charge is 0.126 e. The quantitative estimate of drug-likeness (QED) is 0.752. The molecule has 0 atom stereocenters. The first kappa shape index (κ1) is 12.1. The van der Waals surface area contributed by atoms with Gasteiger partial charge < -0.3 is 10.3 Å². The molecule has 2 aromatic carbocycles. The van der Waals surface area contributed by atoms with Gasteiger partial charge in [0.1, 0.15) is 5.82 Å². The average Bonchev–Trinajstić information content (AvgIpc) is 2.80. The van der Waals surface area contributed by atoms with Gasteiger partial charge in [0.25, 0.3) is 0 Å². The molecule has 3 aromatic rings. The van der Waals surface area contributed by atoms with Crippen LogP contribution in [0.4, 0.5) is 5.69 Å². The summed E-state index contributed by atoms with van der Waals surface area (Å²) in [4.78, 5) is 7.86. The van der Waals surface area contributed by atoms with E-state index in [9.17, 15) is 0 Å². The van der Waals surface area contributed by atoms with E-state index in [2.05, 4.69) is 34.3 Å². The van der Waals surface area contributed by atoms with Crippen molar-refractivity contribution in [3.63, 3.8) is 0 Å². The van der Waals surface area contributed by atoms with Gasteiger partial charge in [-0.2, -0.15) is 0 Å². The molecule has 96 valence electrons. The second-order valence-corrected chi connectivity index (χ2v) is 5.00. The molecule has 0 saturated carbocycles. The van der Waals surface area contributed by atoms with Gasteiger partial charge in [0, 0.05) is 10.7 Å². The van der Waals surface area contributed by atoms with Crippen molar-refractivity contribution in [3.05, 3.63) is 58.9 Å². The first-order chi connectivity index (χ1) is 9.20. The zero-order valence-electron chi connectivity index (χ0n) is 10.6. The molecule has 4 heteroatoms. The molecule has 3 rings (SSSR count). The van der Waals surface area contributed by atoms with E-state index in [1.807, 2.05) is 30.3 Å². The molecule has 3 nitrogen and oxygen atoms in total. The van der Waals surface area contributed by atoms with Gasteiger partial charge in [0.2, 0.25) is 0 Å². The fourth-order valence-corrected chi connectivity index (χ4v) is 2.14. The molecule has 2 N–H and O–H groups in total. The number of hydrogen-bond acceptors (Lipinski definition) is 2. The summed E-state index contributed by atoms with van der Waals surface area (Å²) in [5.74, 6) is 0.926. The standard InChI is InChI=1S/C15H14ClN3/c1-10-2-7-13-14(8-10)19-15(18-13)9-17-12-5-3-11(16)4-6-12/h2-8,17H,9H2,1H3,(H,18,19). The van der Waals surface area contributed by atoms with Gasteiger partial charge in [-0.25, -0.2) is 4.98 Å². The molecule has 0 fully saturated rings. The van der Waals surface area contributed by atoms with E-state index in [1.165, 1.54) is 5.56 Å². The molecule has 0 saturated heterocycles. The number of hydrogen-bond donors (Lipinski definition) is 2. The number of benzene rings is 2. The lowest BCUT2D eigenvalue weighted by Crippen LogP contribution is -2.00. The van der Waals surface area contributed by atoms with Gasteiger partial charge in [0.15, 0.2) is 0 Å². The number of rotatable bonds is 3. The molecule has 0 aliphatic heterocycles. The zero-order valence-corrected chi connectivity index (χ0v) is 11.3. The number of halogens is 1. The number of fused-ring (bicyclic) bond motifs is 1. The highest BCUT2D eigenvalue weighted by atomic mass is 35.5. The second kappa shape index (κ2) is 4.94. The molecule has 0 unspecified atom stereocenters. The normalized spacial score (nSPS) is 10.8. The van der Waals surface area contributed by atoms with E-state index in [1.54, 1.807) is 0 Å².